The summed E-state index contributed by atoms with van der Waals surface area (Å²) in [6.07, 6.45) is 0. The van der Waals surface area contributed by atoms with E-state index in [-0.39, 0.29) is 5.41 Å². The van der Waals surface area contributed by atoms with Crippen LogP contribution in [0.5, 0.6) is 0 Å². The fourth-order valence-corrected chi connectivity index (χ4v) is 8.72. The highest BCUT2D eigenvalue weighted by Gasteiger charge is 2.35. The molecule has 1 aliphatic rings. The first kappa shape index (κ1) is 31.5. The largest absolute Gasteiger partial charge is 0.455 e. The second kappa shape index (κ2) is 12.0. The number of furan rings is 1. The van der Waals surface area contributed by atoms with Gasteiger partial charge < -0.3 is 9.32 Å². The number of para-hydroxylation sites is 2. The van der Waals surface area contributed by atoms with Crippen molar-refractivity contribution in [2.45, 2.75) is 19.3 Å². The molecule has 0 saturated heterocycles. The van der Waals surface area contributed by atoms with Gasteiger partial charge in [-0.2, -0.15) is 0 Å². The third-order valence-corrected chi connectivity index (χ3v) is 11.4. The van der Waals surface area contributed by atoms with Gasteiger partial charge in [0.2, 0.25) is 0 Å². The lowest BCUT2D eigenvalue weighted by Gasteiger charge is -2.28. The molecule has 0 bridgehead atoms. The monoisotopic (exact) mass is 705 g/mol. The van der Waals surface area contributed by atoms with E-state index in [9.17, 15) is 0 Å². The molecular formula is C51H35N3O. The van der Waals surface area contributed by atoms with Gasteiger partial charge >= 0.3 is 0 Å². The third-order valence-electron chi connectivity index (χ3n) is 11.4. The Morgan fingerprint density at radius 1 is 0.473 bits per heavy atom. The summed E-state index contributed by atoms with van der Waals surface area (Å²) in [4.78, 5) is 12.8. The van der Waals surface area contributed by atoms with Gasteiger partial charge in [0.15, 0.2) is 5.82 Å². The van der Waals surface area contributed by atoms with E-state index in [0.717, 1.165) is 72.1 Å². The first-order valence-corrected chi connectivity index (χ1v) is 18.8. The van der Waals surface area contributed by atoms with Crippen molar-refractivity contribution >= 4 is 60.7 Å². The maximum Gasteiger partial charge on any atom is 0.160 e. The number of aromatic nitrogens is 2. The van der Waals surface area contributed by atoms with E-state index in [1.807, 2.05) is 6.07 Å². The molecule has 10 aromatic rings. The highest BCUT2D eigenvalue weighted by atomic mass is 16.3. The van der Waals surface area contributed by atoms with Gasteiger partial charge in [-0.1, -0.05) is 123 Å². The van der Waals surface area contributed by atoms with Crippen LogP contribution in [0.2, 0.25) is 0 Å². The van der Waals surface area contributed by atoms with Crippen LogP contribution in [0.4, 0.5) is 17.1 Å². The molecule has 2 aromatic heterocycles. The molecule has 1 aliphatic carbocycles. The average molecular weight is 706 g/mol. The van der Waals surface area contributed by atoms with Gasteiger partial charge in [0.05, 0.1) is 11.2 Å². The predicted molar refractivity (Wildman–Crippen MR) is 227 cm³/mol. The molecular weight excluding hydrogens is 671 g/mol. The molecule has 0 fully saturated rings. The minimum absolute atomic E-state index is 0.110. The summed E-state index contributed by atoms with van der Waals surface area (Å²) < 4.78 is 6.46. The summed E-state index contributed by atoms with van der Waals surface area (Å²) in [6.45, 7) is 4.66. The molecule has 2 heterocycles. The van der Waals surface area contributed by atoms with Crippen molar-refractivity contribution < 1.29 is 4.42 Å². The van der Waals surface area contributed by atoms with Crippen LogP contribution in [0.15, 0.2) is 180 Å². The Bertz CT molecular complexity index is 3140. The number of nitrogens with zero attached hydrogens (tertiary/aromatic N) is 3. The van der Waals surface area contributed by atoms with Gasteiger partial charge in [0.25, 0.3) is 0 Å². The van der Waals surface area contributed by atoms with Crippen molar-refractivity contribution in [3.05, 3.63) is 187 Å². The zero-order valence-electron chi connectivity index (χ0n) is 30.5. The molecule has 4 heteroatoms. The fraction of sp³-hybridized carbons (Fsp3) is 0.0588. The topological polar surface area (TPSA) is 42.2 Å². The summed E-state index contributed by atoms with van der Waals surface area (Å²) in [6, 6.07) is 62.3. The van der Waals surface area contributed by atoms with Crippen LogP contribution in [-0.2, 0) is 5.41 Å². The SMILES string of the molecule is CC1(C)c2ccccc2-c2ccc(N(c3ccccc3)c3cccc(-c4nc(-c5ccc6oc7c8ccccc8ccc7c6c5)c5ccccc5n4)c3)cc21. The Hall–Kier alpha value is -7.04. The lowest BCUT2D eigenvalue weighted by atomic mass is 9.82. The van der Waals surface area contributed by atoms with E-state index in [0.29, 0.717) is 5.82 Å². The van der Waals surface area contributed by atoms with E-state index >= 15 is 0 Å². The van der Waals surface area contributed by atoms with Crippen molar-refractivity contribution in [3.63, 3.8) is 0 Å². The average Bonchev–Trinajstić information content (AvgIpc) is 3.72. The fourth-order valence-electron chi connectivity index (χ4n) is 8.72. The quantitative estimate of drug-likeness (QED) is 0.179. The molecule has 0 radical (unpaired) electrons. The Morgan fingerprint density at radius 3 is 2.13 bits per heavy atom. The van der Waals surface area contributed by atoms with Crippen molar-refractivity contribution in [1.82, 2.24) is 9.97 Å². The second-order valence-corrected chi connectivity index (χ2v) is 15.0. The van der Waals surface area contributed by atoms with Crippen LogP contribution < -0.4 is 4.90 Å². The molecule has 0 atom stereocenters. The number of fused-ring (bicyclic) bond motifs is 9. The van der Waals surface area contributed by atoms with Gasteiger partial charge in [0.1, 0.15) is 11.2 Å². The van der Waals surface area contributed by atoms with Gasteiger partial charge in [0, 0.05) is 55.1 Å². The molecule has 0 amide bonds. The molecule has 0 N–H and O–H groups in total. The molecule has 0 aliphatic heterocycles. The van der Waals surface area contributed by atoms with Crippen LogP contribution >= 0.6 is 0 Å². The summed E-state index contributed by atoms with van der Waals surface area (Å²) in [5.74, 6) is 0.678. The number of hydrogen-bond acceptors (Lipinski definition) is 4. The molecule has 11 rings (SSSR count). The minimum atomic E-state index is -0.110. The highest BCUT2D eigenvalue weighted by molar-refractivity contribution is 6.15. The van der Waals surface area contributed by atoms with Crippen LogP contribution in [0, 0.1) is 0 Å². The standard InChI is InChI=1S/C51H35N3O/c1-51(2)44-21-10-8-19-39(44)40-27-25-37(31-45(40)51)54(35-15-4-3-5-16-35)36-17-12-14-34(29-36)50-52-46-22-11-9-20-42(46)48(53-50)33-24-28-47-43(30-33)41-26-23-32-13-6-7-18-38(32)49(41)55-47/h3-31H,1-2H3. The minimum Gasteiger partial charge on any atom is -0.455 e. The summed E-state index contributed by atoms with van der Waals surface area (Å²) in [7, 11) is 0. The maximum atomic E-state index is 6.46. The molecule has 0 unspecified atom stereocenters. The molecule has 8 aromatic carbocycles. The second-order valence-electron chi connectivity index (χ2n) is 15.0. The predicted octanol–water partition coefficient (Wildman–Crippen LogP) is 13.8. The maximum absolute atomic E-state index is 6.46. The van der Waals surface area contributed by atoms with E-state index in [1.54, 1.807) is 0 Å². The Balaban J connectivity index is 1.05. The van der Waals surface area contributed by atoms with Gasteiger partial charge in [-0.3, -0.25) is 0 Å². The Morgan fingerprint density at radius 2 is 1.22 bits per heavy atom. The zero-order chi connectivity index (χ0) is 36.7. The molecule has 0 saturated carbocycles. The van der Waals surface area contributed by atoms with Gasteiger partial charge in [-0.05, 0) is 94.4 Å². The van der Waals surface area contributed by atoms with Crippen molar-refractivity contribution in [2.75, 3.05) is 4.90 Å². The Kier molecular flexibility index (Phi) is 6.86. The van der Waals surface area contributed by atoms with E-state index in [2.05, 4.69) is 189 Å². The summed E-state index contributed by atoms with van der Waals surface area (Å²) in [5, 5.41) is 5.46. The zero-order valence-corrected chi connectivity index (χ0v) is 30.5. The molecule has 0 spiro atoms. The number of hydrogen-bond donors (Lipinski definition) is 0. The van der Waals surface area contributed by atoms with E-state index in [4.69, 9.17) is 14.4 Å². The van der Waals surface area contributed by atoms with Crippen molar-refractivity contribution in [2.24, 2.45) is 0 Å². The van der Waals surface area contributed by atoms with Gasteiger partial charge in [-0.25, -0.2) is 9.97 Å². The highest BCUT2D eigenvalue weighted by Crippen LogP contribution is 2.50. The lowest BCUT2D eigenvalue weighted by molar-refractivity contribution is 0.660. The van der Waals surface area contributed by atoms with Gasteiger partial charge in [-0.15, -0.1) is 0 Å². The van der Waals surface area contributed by atoms with E-state index in [1.165, 1.54) is 27.6 Å². The molecule has 260 valence electrons. The first-order valence-electron chi connectivity index (χ1n) is 18.8. The first-order chi connectivity index (χ1) is 27.0. The summed E-state index contributed by atoms with van der Waals surface area (Å²) >= 11 is 0. The normalized spacial score (nSPS) is 13.1. The van der Waals surface area contributed by atoms with Crippen LogP contribution in [0.25, 0.3) is 77.4 Å². The van der Waals surface area contributed by atoms with Crippen LogP contribution in [0.3, 0.4) is 0 Å². The number of rotatable bonds is 5. The lowest BCUT2D eigenvalue weighted by Crippen LogP contribution is -2.16. The molecule has 55 heavy (non-hydrogen) atoms. The smallest absolute Gasteiger partial charge is 0.160 e. The molecule has 4 nitrogen and oxygen atoms in total. The van der Waals surface area contributed by atoms with E-state index < -0.39 is 0 Å². The van der Waals surface area contributed by atoms with Crippen molar-refractivity contribution in [1.29, 1.82) is 0 Å². The third kappa shape index (κ3) is 4.92. The Labute approximate surface area is 319 Å². The van der Waals surface area contributed by atoms with Crippen LogP contribution in [0.1, 0.15) is 25.0 Å². The number of benzene rings is 8. The van der Waals surface area contributed by atoms with Crippen LogP contribution in [-0.4, -0.2) is 9.97 Å². The van der Waals surface area contributed by atoms with Crippen molar-refractivity contribution in [3.8, 4) is 33.8 Å². The number of anilines is 3. The summed E-state index contributed by atoms with van der Waals surface area (Å²) in [5.41, 5.74) is 14.0.